The van der Waals surface area contributed by atoms with Crippen LogP contribution in [-0.4, -0.2) is 37.9 Å². The number of aliphatic hydroxyl groups excluding tert-OH is 1. The highest BCUT2D eigenvalue weighted by molar-refractivity contribution is 5.82. The van der Waals surface area contributed by atoms with E-state index in [2.05, 4.69) is 19.9 Å². The fourth-order valence-corrected chi connectivity index (χ4v) is 1.25. The minimum atomic E-state index is 0.138. The fourth-order valence-electron chi connectivity index (χ4n) is 1.25. The molecule has 16 heavy (non-hydrogen) atoms. The number of carbonyl (C=O) groups excluding carboxylic acids is 1. The van der Waals surface area contributed by atoms with Gasteiger partial charge in [0.05, 0.1) is 12.7 Å². The number of nitrogens with zero attached hydrogens (tertiary/aromatic N) is 2. The Morgan fingerprint density at radius 2 is 1.56 bits per heavy atom. The van der Waals surface area contributed by atoms with Gasteiger partial charge in [0.25, 0.3) is 0 Å². The van der Waals surface area contributed by atoms with Crippen LogP contribution in [0.3, 0.4) is 0 Å². The minimum Gasteiger partial charge on any atom is -0.400 e. The standard InChI is InChI=1S/C9H10N4O.CH4O/c14-9(1-7-3-10-5-12-7)2-8-4-11-6-13-8;1-2/h3-6H,1-2H2,(H,10,12)(H,11,13);2H,1H3. The van der Waals surface area contributed by atoms with Crippen molar-refractivity contribution in [2.24, 2.45) is 0 Å². The summed E-state index contributed by atoms with van der Waals surface area (Å²) in [6.07, 6.45) is 7.23. The number of carbonyl (C=O) groups is 1. The van der Waals surface area contributed by atoms with Crippen LogP contribution in [-0.2, 0) is 17.6 Å². The predicted octanol–water partition coefficient (Wildman–Crippen LogP) is 0.0956. The zero-order valence-corrected chi connectivity index (χ0v) is 8.97. The van der Waals surface area contributed by atoms with Crippen molar-refractivity contribution in [3.8, 4) is 0 Å². The topological polar surface area (TPSA) is 94.7 Å². The van der Waals surface area contributed by atoms with E-state index in [-0.39, 0.29) is 5.78 Å². The van der Waals surface area contributed by atoms with Crippen LogP contribution in [0.1, 0.15) is 11.4 Å². The molecule has 0 aliphatic rings. The van der Waals surface area contributed by atoms with Crippen LogP contribution in [0, 0.1) is 0 Å². The number of aromatic nitrogens is 4. The zero-order chi connectivity index (χ0) is 11.8. The molecule has 0 aromatic carbocycles. The Labute approximate surface area is 92.8 Å². The average molecular weight is 222 g/mol. The lowest BCUT2D eigenvalue weighted by molar-refractivity contribution is -0.117. The van der Waals surface area contributed by atoms with Crippen LogP contribution in [0.15, 0.2) is 25.0 Å². The first-order chi connectivity index (χ1) is 7.84. The molecule has 0 amide bonds. The molecule has 86 valence electrons. The predicted molar refractivity (Wildman–Crippen MR) is 57.7 cm³/mol. The monoisotopic (exact) mass is 222 g/mol. The molecule has 0 aliphatic carbocycles. The Bertz CT molecular complexity index is 356. The first kappa shape index (κ1) is 12.1. The molecule has 2 aromatic heterocycles. The highest BCUT2D eigenvalue weighted by Gasteiger charge is 2.06. The fraction of sp³-hybridized carbons (Fsp3) is 0.300. The van der Waals surface area contributed by atoms with E-state index in [0.717, 1.165) is 18.5 Å². The maximum Gasteiger partial charge on any atom is 0.144 e. The Morgan fingerprint density at radius 3 is 1.88 bits per heavy atom. The van der Waals surface area contributed by atoms with Crippen molar-refractivity contribution in [1.82, 2.24) is 19.9 Å². The van der Waals surface area contributed by atoms with Crippen molar-refractivity contribution >= 4 is 5.78 Å². The van der Waals surface area contributed by atoms with E-state index in [1.165, 1.54) is 0 Å². The third-order valence-electron chi connectivity index (χ3n) is 1.88. The second-order valence-electron chi connectivity index (χ2n) is 3.05. The molecule has 0 radical (unpaired) electrons. The third kappa shape index (κ3) is 3.66. The number of hydrogen-bond donors (Lipinski definition) is 3. The van der Waals surface area contributed by atoms with Gasteiger partial charge in [-0.2, -0.15) is 0 Å². The summed E-state index contributed by atoms with van der Waals surface area (Å²) in [7, 11) is 1.00. The molecule has 0 atom stereocenters. The minimum absolute atomic E-state index is 0.138. The third-order valence-corrected chi connectivity index (χ3v) is 1.88. The molecule has 0 saturated heterocycles. The Kier molecular flexibility index (Phi) is 4.94. The molecule has 0 bridgehead atoms. The molecular formula is C10H14N4O2. The quantitative estimate of drug-likeness (QED) is 0.683. The Hall–Kier alpha value is -1.95. The molecule has 6 nitrogen and oxygen atoms in total. The molecule has 0 aliphatic heterocycles. The van der Waals surface area contributed by atoms with Gasteiger partial charge in [0.1, 0.15) is 5.78 Å². The van der Waals surface area contributed by atoms with Crippen LogP contribution >= 0.6 is 0 Å². The number of aromatic amines is 2. The lowest BCUT2D eigenvalue weighted by atomic mass is 10.1. The maximum absolute atomic E-state index is 11.5. The number of nitrogens with one attached hydrogen (secondary N) is 2. The lowest BCUT2D eigenvalue weighted by Gasteiger charge is -1.95. The van der Waals surface area contributed by atoms with Gasteiger partial charge >= 0.3 is 0 Å². The molecule has 0 spiro atoms. The second kappa shape index (κ2) is 6.52. The Balaban J connectivity index is 0.000000606. The average Bonchev–Trinajstić information content (AvgIpc) is 2.94. The number of aliphatic hydroxyl groups is 1. The van der Waals surface area contributed by atoms with Crippen LogP contribution in [0.25, 0.3) is 0 Å². The van der Waals surface area contributed by atoms with E-state index in [0.29, 0.717) is 12.8 Å². The normalized spacial score (nSPS) is 9.38. The van der Waals surface area contributed by atoms with E-state index >= 15 is 0 Å². The van der Waals surface area contributed by atoms with Gasteiger partial charge in [-0.25, -0.2) is 9.97 Å². The number of ketones is 1. The smallest absolute Gasteiger partial charge is 0.144 e. The number of rotatable bonds is 4. The van der Waals surface area contributed by atoms with Gasteiger partial charge in [-0.1, -0.05) is 0 Å². The number of hydrogen-bond acceptors (Lipinski definition) is 4. The molecule has 0 fully saturated rings. The zero-order valence-electron chi connectivity index (χ0n) is 8.97. The largest absolute Gasteiger partial charge is 0.400 e. The molecule has 0 unspecified atom stereocenters. The molecule has 0 saturated carbocycles. The van der Waals surface area contributed by atoms with Gasteiger partial charge in [-0.05, 0) is 0 Å². The summed E-state index contributed by atoms with van der Waals surface area (Å²) in [6.45, 7) is 0. The van der Waals surface area contributed by atoms with Crippen molar-refractivity contribution in [2.45, 2.75) is 12.8 Å². The van der Waals surface area contributed by atoms with E-state index in [1.807, 2.05) is 0 Å². The van der Waals surface area contributed by atoms with E-state index in [4.69, 9.17) is 5.11 Å². The molecule has 2 rings (SSSR count). The molecule has 6 heteroatoms. The summed E-state index contributed by atoms with van der Waals surface area (Å²) < 4.78 is 0. The van der Waals surface area contributed by atoms with Gasteiger partial charge in [0.15, 0.2) is 0 Å². The van der Waals surface area contributed by atoms with Gasteiger partial charge < -0.3 is 15.1 Å². The molecule has 2 aromatic rings. The van der Waals surface area contributed by atoms with Crippen LogP contribution in [0.5, 0.6) is 0 Å². The van der Waals surface area contributed by atoms with E-state index < -0.39 is 0 Å². The number of imidazole rings is 2. The van der Waals surface area contributed by atoms with Crippen molar-refractivity contribution in [2.75, 3.05) is 7.11 Å². The molecular weight excluding hydrogens is 208 g/mol. The summed E-state index contributed by atoms with van der Waals surface area (Å²) >= 11 is 0. The lowest BCUT2D eigenvalue weighted by Crippen LogP contribution is -2.06. The first-order valence-corrected chi connectivity index (χ1v) is 4.75. The summed E-state index contributed by atoms with van der Waals surface area (Å²) in [6, 6.07) is 0. The van der Waals surface area contributed by atoms with Crippen molar-refractivity contribution < 1.29 is 9.90 Å². The van der Waals surface area contributed by atoms with E-state index in [1.54, 1.807) is 25.0 Å². The highest BCUT2D eigenvalue weighted by Crippen LogP contribution is 1.99. The SMILES string of the molecule is CO.O=C(Cc1cnc[nH]1)Cc1cnc[nH]1. The van der Waals surface area contributed by atoms with Crippen molar-refractivity contribution in [3.05, 3.63) is 36.4 Å². The van der Waals surface area contributed by atoms with Gasteiger partial charge in [0, 0.05) is 43.7 Å². The van der Waals surface area contributed by atoms with Crippen LogP contribution in [0.2, 0.25) is 0 Å². The van der Waals surface area contributed by atoms with Gasteiger partial charge in [-0.3, -0.25) is 4.79 Å². The second-order valence-corrected chi connectivity index (χ2v) is 3.05. The summed E-state index contributed by atoms with van der Waals surface area (Å²) in [5.74, 6) is 0.138. The van der Waals surface area contributed by atoms with Gasteiger partial charge in [-0.15, -0.1) is 0 Å². The molecule has 3 N–H and O–H groups in total. The van der Waals surface area contributed by atoms with Crippen molar-refractivity contribution in [3.63, 3.8) is 0 Å². The van der Waals surface area contributed by atoms with Gasteiger partial charge in [0.2, 0.25) is 0 Å². The van der Waals surface area contributed by atoms with Crippen LogP contribution in [0.4, 0.5) is 0 Å². The molecule has 2 heterocycles. The summed E-state index contributed by atoms with van der Waals surface area (Å²) in [5, 5.41) is 7.00. The number of H-pyrrole nitrogens is 2. The van der Waals surface area contributed by atoms with Crippen LogP contribution < -0.4 is 0 Å². The highest BCUT2D eigenvalue weighted by atomic mass is 16.2. The first-order valence-electron chi connectivity index (χ1n) is 4.75. The summed E-state index contributed by atoms with van der Waals surface area (Å²) in [5.41, 5.74) is 1.68. The number of Topliss-reactive ketones (excluding diaryl/α,β-unsaturated/α-hetero) is 1. The Morgan fingerprint density at radius 1 is 1.12 bits per heavy atom. The maximum atomic E-state index is 11.5. The van der Waals surface area contributed by atoms with E-state index in [9.17, 15) is 4.79 Å². The summed E-state index contributed by atoms with van der Waals surface area (Å²) in [4.78, 5) is 25.0. The van der Waals surface area contributed by atoms with Crippen molar-refractivity contribution in [1.29, 1.82) is 0 Å².